The van der Waals surface area contributed by atoms with Crippen LogP contribution in [0.1, 0.15) is 35.3 Å². The number of thiophene rings is 1. The van der Waals surface area contributed by atoms with E-state index in [0.29, 0.717) is 16.0 Å². The van der Waals surface area contributed by atoms with Crippen LogP contribution in [0.2, 0.25) is 0 Å². The van der Waals surface area contributed by atoms with Crippen molar-refractivity contribution in [2.75, 3.05) is 18.1 Å². The van der Waals surface area contributed by atoms with Gasteiger partial charge in [0.2, 0.25) is 0 Å². The summed E-state index contributed by atoms with van der Waals surface area (Å²) in [5.74, 6) is -2.85. The number of carbonyl (C=O) groups is 2. The molecule has 3 rings (SSSR count). The van der Waals surface area contributed by atoms with E-state index in [0.717, 1.165) is 28.4 Å². The van der Waals surface area contributed by atoms with E-state index < -0.39 is 35.2 Å². The predicted octanol–water partition coefficient (Wildman–Crippen LogP) is 5.64. The second-order valence-electron chi connectivity index (χ2n) is 7.10. The molecular weight excluding hydrogens is 484 g/mol. The number of pyridine rings is 1. The molecule has 0 atom stereocenters. The summed E-state index contributed by atoms with van der Waals surface area (Å²) in [6.45, 7) is 4.26. The Bertz CT molecular complexity index is 1240. The summed E-state index contributed by atoms with van der Waals surface area (Å²) in [4.78, 5) is 41.4. The Labute approximate surface area is 203 Å². The third-order valence-corrected chi connectivity index (χ3v) is 6.28. The summed E-state index contributed by atoms with van der Waals surface area (Å²) in [6.07, 6.45) is 0.344. The quantitative estimate of drug-likeness (QED) is 0.221. The number of nitrogens with zero attached hydrogens (tertiary/aromatic N) is 3. The number of hydrogen-bond acceptors (Lipinski definition) is 8. The third-order valence-electron chi connectivity index (χ3n) is 4.92. The molecule has 3 aromatic rings. The highest BCUT2D eigenvalue weighted by Gasteiger charge is 2.32. The summed E-state index contributed by atoms with van der Waals surface area (Å²) < 4.78 is 39.2. The standard InChI is InChI=1S/C23H21F2N3O6S/c1-4-33-22(29)19-13(3)20(14-9-10-18(26-11-14)28(31)32)35-21(19)27(23(30)34-5-2)12-15-16(24)7-6-8-17(15)25/h6-11H,4-5,12H2,1-3H3. The molecule has 0 saturated carbocycles. The maximum absolute atomic E-state index is 14.4. The maximum atomic E-state index is 14.4. The molecule has 2 heterocycles. The molecular formula is C23H21F2N3O6S. The van der Waals surface area contributed by atoms with Gasteiger partial charge in [0.15, 0.2) is 0 Å². The van der Waals surface area contributed by atoms with Crippen molar-refractivity contribution >= 4 is 34.2 Å². The van der Waals surface area contributed by atoms with E-state index in [1.54, 1.807) is 20.8 Å². The maximum Gasteiger partial charge on any atom is 0.415 e. The fourth-order valence-corrected chi connectivity index (χ4v) is 4.57. The van der Waals surface area contributed by atoms with E-state index in [4.69, 9.17) is 9.47 Å². The lowest BCUT2D eigenvalue weighted by atomic mass is 10.1. The first kappa shape index (κ1) is 25.7. The molecule has 9 nitrogen and oxygen atoms in total. The molecule has 12 heteroatoms. The lowest BCUT2D eigenvalue weighted by Gasteiger charge is -2.22. The van der Waals surface area contributed by atoms with E-state index in [1.165, 1.54) is 24.4 Å². The molecule has 0 unspecified atom stereocenters. The largest absolute Gasteiger partial charge is 0.462 e. The average Bonchev–Trinajstić information content (AvgIpc) is 3.16. The first-order chi connectivity index (χ1) is 16.7. The molecule has 184 valence electrons. The van der Waals surface area contributed by atoms with Gasteiger partial charge in [-0.3, -0.25) is 4.90 Å². The van der Waals surface area contributed by atoms with E-state index in [1.807, 2.05) is 0 Å². The summed E-state index contributed by atoms with van der Waals surface area (Å²) >= 11 is 0.970. The van der Waals surface area contributed by atoms with Crippen LogP contribution in [0.5, 0.6) is 0 Å². The van der Waals surface area contributed by atoms with Gasteiger partial charge >= 0.3 is 17.9 Å². The number of esters is 1. The minimum absolute atomic E-state index is 0.00926. The van der Waals surface area contributed by atoms with Gasteiger partial charge in [0.05, 0.1) is 25.3 Å². The van der Waals surface area contributed by atoms with Crippen LogP contribution in [0.4, 0.5) is 24.4 Å². The van der Waals surface area contributed by atoms with Gasteiger partial charge in [0, 0.05) is 22.1 Å². The fourth-order valence-electron chi connectivity index (χ4n) is 3.30. The first-order valence-corrected chi connectivity index (χ1v) is 11.3. The monoisotopic (exact) mass is 505 g/mol. The smallest absolute Gasteiger partial charge is 0.415 e. The van der Waals surface area contributed by atoms with E-state index in [-0.39, 0.29) is 35.2 Å². The second-order valence-corrected chi connectivity index (χ2v) is 8.10. The molecule has 0 radical (unpaired) electrons. The van der Waals surface area contributed by atoms with E-state index in [2.05, 4.69) is 4.98 Å². The molecule has 0 bridgehead atoms. The topological polar surface area (TPSA) is 112 Å². The highest BCUT2D eigenvalue weighted by Crippen LogP contribution is 2.43. The molecule has 2 aromatic heterocycles. The zero-order valence-electron chi connectivity index (χ0n) is 19.0. The van der Waals surface area contributed by atoms with Crippen LogP contribution in [0.15, 0.2) is 36.5 Å². The Morgan fingerprint density at radius 1 is 1.11 bits per heavy atom. The highest BCUT2D eigenvalue weighted by molar-refractivity contribution is 7.20. The van der Waals surface area contributed by atoms with Crippen LogP contribution in [-0.2, 0) is 16.0 Å². The average molecular weight is 505 g/mol. The predicted molar refractivity (Wildman–Crippen MR) is 124 cm³/mol. The Hall–Kier alpha value is -3.93. The van der Waals surface area contributed by atoms with Gasteiger partial charge in [-0.1, -0.05) is 6.07 Å². The number of aromatic nitrogens is 1. The molecule has 0 aliphatic heterocycles. The summed E-state index contributed by atoms with van der Waals surface area (Å²) in [5.41, 5.74) is 0.466. The summed E-state index contributed by atoms with van der Waals surface area (Å²) in [7, 11) is 0. The van der Waals surface area contributed by atoms with Crippen LogP contribution in [0.25, 0.3) is 10.4 Å². The lowest BCUT2D eigenvalue weighted by Crippen LogP contribution is -2.32. The minimum Gasteiger partial charge on any atom is -0.462 e. The molecule has 1 amide bonds. The minimum atomic E-state index is -0.921. The number of ether oxygens (including phenoxy) is 2. The van der Waals surface area contributed by atoms with Crippen LogP contribution >= 0.6 is 11.3 Å². The Balaban J connectivity index is 2.20. The normalized spacial score (nSPS) is 10.7. The van der Waals surface area contributed by atoms with Crippen molar-refractivity contribution in [2.45, 2.75) is 27.3 Å². The van der Waals surface area contributed by atoms with Crippen molar-refractivity contribution in [3.05, 3.63) is 75.0 Å². The van der Waals surface area contributed by atoms with Crippen molar-refractivity contribution in [2.24, 2.45) is 0 Å². The second kappa shape index (κ2) is 11.0. The first-order valence-electron chi connectivity index (χ1n) is 10.5. The van der Waals surface area contributed by atoms with Crippen molar-refractivity contribution in [3.8, 4) is 10.4 Å². The molecule has 0 saturated heterocycles. The third kappa shape index (κ3) is 5.43. The zero-order chi connectivity index (χ0) is 25.7. The molecule has 0 fully saturated rings. The Kier molecular flexibility index (Phi) is 8.07. The van der Waals surface area contributed by atoms with Gasteiger partial charge in [-0.05, 0) is 54.4 Å². The van der Waals surface area contributed by atoms with Crippen LogP contribution in [0, 0.1) is 28.7 Å². The lowest BCUT2D eigenvalue weighted by molar-refractivity contribution is -0.389. The molecule has 0 aliphatic rings. The van der Waals surface area contributed by atoms with Crippen LogP contribution in [-0.4, -0.2) is 35.2 Å². The van der Waals surface area contributed by atoms with Crippen LogP contribution < -0.4 is 4.90 Å². The number of anilines is 1. The van der Waals surface area contributed by atoms with Gasteiger partial charge in [-0.25, -0.2) is 18.4 Å². The summed E-state index contributed by atoms with van der Waals surface area (Å²) in [6, 6.07) is 5.97. The molecule has 0 aliphatic carbocycles. The van der Waals surface area contributed by atoms with Crippen LogP contribution in [0.3, 0.4) is 0 Å². The summed E-state index contributed by atoms with van der Waals surface area (Å²) in [5, 5.41) is 11.0. The van der Waals surface area contributed by atoms with E-state index in [9.17, 15) is 28.5 Å². The van der Waals surface area contributed by atoms with Crippen molar-refractivity contribution in [1.29, 1.82) is 0 Å². The number of benzene rings is 1. The number of rotatable bonds is 8. The Morgan fingerprint density at radius 3 is 2.31 bits per heavy atom. The van der Waals surface area contributed by atoms with Crippen molar-refractivity contribution in [1.82, 2.24) is 4.98 Å². The highest BCUT2D eigenvalue weighted by atomic mass is 32.1. The molecule has 0 spiro atoms. The van der Waals surface area contributed by atoms with Gasteiger partial charge in [0.25, 0.3) is 0 Å². The number of hydrogen-bond donors (Lipinski definition) is 0. The zero-order valence-corrected chi connectivity index (χ0v) is 19.9. The van der Waals surface area contributed by atoms with Crippen molar-refractivity contribution < 1.29 is 32.8 Å². The van der Waals surface area contributed by atoms with E-state index >= 15 is 0 Å². The molecule has 35 heavy (non-hydrogen) atoms. The Morgan fingerprint density at radius 2 is 1.77 bits per heavy atom. The number of nitro groups is 1. The van der Waals surface area contributed by atoms with Gasteiger partial charge in [-0.2, -0.15) is 0 Å². The van der Waals surface area contributed by atoms with Gasteiger partial charge in [-0.15, -0.1) is 11.3 Å². The fraction of sp³-hybridized carbons (Fsp3) is 0.261. The number of carbonyl (C=O) groups excluding carboxylic acids is 2. The van der Waals surface area contributed by atoms with Crippen molar-refractivity contribution in [3.63, 3.8) is 0 Å². The van der Waals surface area contributed by atoms with Gasteiger partial charge < -0.3 is 19.6 Å². The van der Waals surface area contributed by atoms with Gasteiger partial charge in [0.1, 0.15) is 22.8 Å². The number of amides is 1. The number of halogens is 2. The SMILES string of the molecule is CCOC(=O)c1c(N(Cc2c(F)cccc2F)C(=O)OCC)sc(-c2ccc([N+](=O)[O-])nc2)c1C. The molecule has 0 N–H and O–H groups in total. The molecule has 1 aromatic carbocycles.